The number of hydrogen-bond acceptors (Lipinski definition) is 4. The Morgan fingerprint density at radius 2 is 2.05 bits per heavy atom. The predicted octanol–water partition coefficient (Wildman–Crippen LogP) is 2.66. The lowest BCUT2D eigenvalue weighted by atomic mass is 10.1. The Labute approximate surface area is 131 Å². The highest BCUT2D eigenvalue weighted by Crippen LogP contribution is 2.34. The number of fused-ring (bicyclic) bond motifs is 1. The molecule has 2 aromatic rings. The Bertz CT molecular complexity index is 679. The van der Waals surface area contributed by atoms with Gasteiger partial charge >= 0.3 is 0 Å². The summed E-state index contributed by atoms with van der Waals surface area (Å²) in [6.07, 6.45) is 0. The van der Waals surface area contributed by atoms with Gasteiger partial charge in [-0.2, -0.15) is 5.10 Å². The van der Waals surface area contributed by atoms with Crippen molar-refractivity contribution >= 4 is 0 Å². The monoisotopic (exact) mass is 301 g/mol. The third-order valence-corrected chi connectivity index (χ3v) is 4.24. The summed E-state index contributed by atoms with van der Waals surface area (Å²) in [6, 6.07) is 6.28. The fourth-order valence-corrected chi connectivity index (χ4v) is 3.06. The van der Waals surface area contributed by atoms with Gasteiger partial charge in [0.15, 0.2) is 11.5 Å². The first kappa shape index (κ1) is 14.9. The predicted molar refractivity (Wildman–Crippen MR) is 85.4 cm³/mol. The number of hydrogen-bond donors (Lipinski definition) is 1. The van der Waals surface area contributed by atoms with Gasteiger partial charge in [-0.25, -0.2) is 0 Å². The summed E-state index contributed by atoms with van der Waals surface area (Å²) in [7, 11) is 1.98. The van der Waals surface area contributed by atoms with Gasteiger partial charge in [0.1, 0.15) is 13.2 Å². The smallest absolute Gasteiger partial charge is 0.165 e. The molecule has 22 heavy (non-hydrogen) atoms. The van der Waals surface area contributed by atoms with Crippen molar-refractivity contribution in [3.05, 3.63) is 40.7 Å². The number of nitrogens with one attached hydrogen (secondary N) is 1. The summed E-state index contributed by atoms with van der Waals surface area (Å²) in [5.74, 6) is 1.71. The van der Waals surface area contributed by atoms with Crippen molar-refractivity contribution in [2.24, 2.45) is 7.05 Å². The van der Waals surface area contributed by atoms with Crippen LogP contribution in [0.1, 0.15) is 35.5 Å². The lowest BCUT2D eigenvalue weighted by molar-refractivity contribution is 0.169. The zero-order valence-corrected chi connectivity index (χ0v) is 13.6. The molecular weight excluding hydrogens is 278 g/mol. The van der Waals surface area contributed by atoms with Crippen molar-refractivity contribution in [3.63, 3.8) is 0 Å². The molecule has 5 heteroatoms. The number of rotatable bonds is 4. The quantitative estimate of drug-likeness (QED) is 0.943. The summed E-state index contributed by atoms with van der Waals surface area (Å²) >= 11 is 0. The van der Waals surface area contributed by atoms with Crippen molar-refractivity contribution in [1.29, 1.82) is 0 Å². The third-order valence-electron chi connectivity index (χ3n) is 4.24. The van der Waals surface area contributed by atoms with Gasteiger partial charge in [0.25, 0.3) is 0 Å². The van der Waals surface area contributed by atoms with Crippen molar-refractivity contribution in [3.8, 4) is 11.5 Å². The number of aromatic nitrogens is 2. The van der Waals surface area contributed by atoms with E-state index in [2.05, 4.69) is 37.3 Å². The van der Waals surface area contributed by atoms with Gasteiger partial charge in [0.05, 0.1) is 5.69 Å². The minimum atomic E-state index is 0.231. The van der Waals surface area contributed by atoms with E-state index in [-0.39, 0.29) is 6.04 Å². The molecule has 1 aromatic heterocycles. The first-order valence-electron chi connectivity index (χ1n) is 7.69. The van der Waals surface area contributed by atoms with E-state index in [1.54, 1.807) is 0 Å². The molecule has 0 unspecified atom stereocenters. The SMILES string of the molecule is Cc1nn(C)c(C)c1[C@@H](C)NCc1cccc2c1OCCO2. The van der Waals surface area contributed by atoms with Crippen LogP contribution in [-0.4, -0.2) is 23.0 Å². The molecule has 0 fully saturated rings. The van der Waals surface area contributed by atoms with E-state index in [9.17, 15) is 0 Å². The highest BCUT2D eigenvalue weighted by atomic mass is 16.6. The van der Waals surface area contributed by atoms with Gasteiger partial charge in [0, 0.05) is 36.5 Å². The van der Waals surface area contributed by atoms with Crippen molar-refractivity contribution in [2.45, 2.75) is 33.4 Å². The lowest BCUT2D eigenvalue weighted by Crippen LogP contribution is -2.22. The number of ether oxygens (including phenoxy) is 2. The fourth-order valence-electron chi connectivity index (χ4n) is 3.06. The van der Waals surface area contributed by atoms with Crippen LogP contribution in [0.4, 0.5) is 0 Å². The molecule has 2 heterocycles. The zero-order valence-electron chi connectivity index (χ0n) is 13.6. The summed E-state index contributed by atoms with van der Waals surface area (Å²) in [5.41, 5.74) is 4.68. The van der Waals surface area contributed by atoms with Crippen LogP contribution >= 0.6 is 0 Å². The minimum Gasteiger partial charge on any atom is -0.486 e. The average Bonchev–Trinajstić information content (AvgIpc) is 2.77. The third kappa shape index (κ3) is 2.68. The second kappa shape index (κ2) is 6.01. The Morgan fingerprint density at radius 1 is 1.27 bits per heavy atom. The second-order valence-corrected chi connectivity index (χ2v) is 5.75. The van der Waals surface area contributed by atoms with Crippen LogP contribution in [-0.2, 0) is 13.6 Å². The molecule has 0 amide bonds. The van der Waals surface area contributed by atoms with Gasteiger partial charge in [-0.15, -0.1) is 0 Å². The van der Waals surface area contributed by atoms with Crippen LogP contribution in [0.15, 0.2) is 18.2 Å². The van der Waals surface area contributed by atoms with E-state index in [0.717, 1.165) is 29.3 Å². The average molecular weight is 301 g/mol. The second-order valence-electron chi connectivity index (χ2n) is 5.75. The van der Waals surface area contributed by atoms with Gasteiger partial charge in [-0.3, -0.25) is 4.68 Å². The number of para-hydroxylation sites is 1. The van der Waals surface area contributed by atoms with Crippen LogP contribution in [0.2, 0.25) is 0 Å². The topological polar surface area (TPSA) is 48.3 Å². The van der Waals surface area contributed by atoms with Crippen molar-refractivity contribution in [2.75, 3.05) is 13.2 Å². The fraction of sp³-hybridized carbons (Fsp3) is 0.471. The molecule has 1 aliphatic heterocycles. The summed E-state index contributed by atoms with van der Waals surface area (Å²) in [5, 5.41) is 8.06. The van der Waals surface area contributed by atoms with E-state index in [1.807, 2.05) is 23.9 Å². The van der Waals surface area contributed by atoms with Crippen LogP contribution in [0.25, 0.3) is 0 Å². The van der Waals surface area contributed by atoms with Gasteiger partial charge in [-0.1, -0.05) is 12.1 Å². The molecule has 0 bridgehead atoms. The highest BCUT2D eigenvalue weighted by Gasteiger charge is 2.18. The first-order chi connectivity index (χ1) is 10.6. The van der Waals surface area contributed by atoms with Crippen LogP contribution < -0.4 is 14.8 Å². The van der Waals surface area contributed by atoms with Gasteiger partial charge in [-0.05, 0) is 26.8 Å². The van der Waals surface area contributed by atoms with Crippen LogP contribution in [0.5, 0.6) is 11.5 Å². The molecule has 0 spiro atoms. The van der Waals surface area contributed by atoms with E-state index in [4.69, 9.17) is 9.47 Å². The number of aryl methyl sites for hydroxylation is 2. The first-order valence-corrected chi connectivity index (χ1v) is 7.69. The summed E-state index contributed by atoms with van der Waals surface area (Å²) < 4.78 is 13.3. The van der Waals surface area contributed by atoms with Gasteiger partial charge in [0.2, 0.25) is 0 Å². The maximum Gasteiger partial charge on any atom is 0.165 e. The molecule has 0 aliphatic carbocycles. The highest BCUT2D eigenvalue weighted by molar-refractivity contribution is 5.47. The molecule has 3 rings (SSSR count). The maximum absolute atomic E-state index is 5.76. The standard InChI is InChI=1S/C17H23N3O2/c1-11(16-12(2)19-20(4)13(16)3)18-10-14-6-5-7-15-17(14)22-9-8-21-15/h5-7,11,18H,8-10H2,1-4H3/t11-/m1/s1. The normalized spacial score (nSPS) is 14.9. The molecule has 118 valence electrons. The molecular formula is C17H23N3O2. The molecule has 1 aromatic carbocycles. The molecule has 0 saturated carbocycles. The summed E-state index contributed by atoms with van der Waals surface area (Å²) in [4.78, 5) is 0. The van der Waals surface area contributed by atoms with E-state index >= 15 is 0 Å². The molecule has 5 nitrogen and oxygen atoms in total. The minimum absolute atomic E-state index is 0.231. The molecule has 1 N–H and O–H groups in total. The summed E-state index contributed by atoms with van der Waals surface area (Å²) in [6.45, 7) is 8.30. The van der Waals surface area contributed by atoms with Gasteiger partial charge < -0.3 is 14.8 Å². The Hall–Kier alpha value is -2.01. The van der Waals surface area contributed by atoms with Crippen molar-refractivity contribution in [1.82, 2.24) is 15.1 Å². The van der Waals surface area contributed by atoms with Crippen molar-refractivity contribution < 1.29 is 9.47 Å². The molecule has 1 aliphatic rings. The largest absolute Gasteiger partial charge is 0.486 e. The van der Waals surface area contributed by atoms with Crippen LogP contribution in [0.3, 0.4) is 0 Å². The van der Waals surface area contributed by atoms with Crippen LogP contribution in [0, 0.1) is 13.8 Å². The van der Waals surface area contributed by atoms with E-state index in [1.165, 1.54) is 11.3 Å². The molecule has 0 radical (unpaired) electrons. The molecule has 0 saturated heterocycles. The Morgan fingerprint density at radius 3 is 2.77 bits per heavy atom. The Balaban J connectivity index is 1.75. The zero-order chi connectivity index (χ0) is 15.7. The lowest BCUT2D eigenvalue weighted by Gasteiger charge is -2.22. The number of nitrogens with zero attached hydrogens (tertiary/aromatic N) is 2. The van der Waals surface area contributed by atoms with E-state index in [0.29, 0.717) is 13.2 Å². The number of benzene rings is 1. The molecule has 1 atom stereocenters. The van der Waals surface area contributed by atoms with E-state index < -0.39 is 0 Å². The maximum atomic E-state index is 5.76. The Kier molecular flexibility index (Phi) is 4.07.